The Hall–Kier alpha value is -0.930. The molecule has 1 unspecified atom stereocenters. The summed E-state index contributed by atoms with van der Waals surface area (Å²) >= 11 is 0. The molecule has 1 aromatic carbocycles. The first-order valence-electron chi connectivity index (χ1n) is 3.86. The van der Waals surface area contributed by atoms with E-state index >= 15 is 0 Å². The van der Waals surface area contributed by atoms with Crippen molar-refractivity contribution < 1.29 is 9.50 Å². The highest BCUT2D eigenvalue weighted by atomic mass is 19.1. The molecule has 3 N–H and O–H groups in total. The van der Waals surface area contributed by atoms with Gasteiger partial charge in [-0.1, -0.05) is 18.2 Å². The summed E-state index contributed by atoms with van der Waals surface area (Å²) < 4.78 is 13.0. The lowest BCUT2D eigenvalue weighted by Gasteiger charge is -2.10. The molecule has 0 saturated carbocycles. The third kappa shape index (κ3) is 2.03. The molecule has 0 fully saturated rings. The van der Waals surface area contributed by atoms with Crippen molar-refractivity contribution in [3.8, 4) is 0 Å². The van der Waals surface area contributed by atoms with Gasteiger partial charge in [-0.05, 0) is 12.5 Å². The van der Waals surface area contributed by atoms with Gasteiger partial charge >= 0.3 is 0 Å². The second-order valence-corrected chi connectivity index (χ2v) is 2.64. The van der Waals surface area contributed by atoms with E-state index in [0.29, 0.717) is 12.0 Å². The quantitative estimate of drug-likeness (QED) is 0.714. The average molecular weight is 169 g/mol. The maximum Gasteiger partial charge on any atom is 0.127 e. The third-order valence-electron chi connectivity index (χ3n) is 1.74. The lowest BCUT2D eigenvalue weighted by molar-refractivity contribution is 0.275. The molecule has 0 amide bonds. The van der Waals surface area contributed by atoms with Gasteiger partial charge in [0.25, 0.3) is 0 Å². The van der Waals surface area contributed by atoms with E-state index in [-0.39, 0.29) is 12.4 Å². The van der Waals surface area contributed by atoms with Crippen molar-refractivity contribution in [2.24, 2.45) is 5.73 Å². The minimum atomic E-state index is -0.406. The zero-order valence-electron chi connectivity index (χ0n) is 6.70. The van der Waals surface area contributed by atoms with Gasteiger partial charge in [0.15, 0.2) is 0 Å². The largest absolute Gasteiger partial charge is 0.396 e. The van der Waals surface area contributed by atoms with Gasteiger partial charge in [0.05, 0.1) is 0 Å². The van der Waals surface area contributed by atoms with E-state index in [1.165, 1.54) is 6.07 Å². The smallest absolute Gasteiger partial charge is 0.127 e. The second-order valence-electron chi connectivity index (χ2n) is 2.64. The van der Waals surface area contributed by atoms with E-state index in [1.54, 1.807) is 18.2 Å². The number of rotatable bonds is 3. The first-order chi connectivity index (χ1) is 5.75. The van der Waals surface area contributed by atoms with Crippen LogP contribution < -0.4 is 5.73 Å². The predicted octanol–water partition coefficient (Wildman–Crippen LogP) is 1.21. The molecule has 0 radical (unpaired) electrons. The highest BCUT2D eigenvalue weighted by Crippen LogP contribution is 2.16. The van der Waals surface area contributed by atoms with Gasteiger partial charge in [0.1, 0.15) is 5.82 Å². The van der Waals surface area contributed by atoms with Crippen LogP contribution in [-0.4, -0.2) is 11.7 Å². The summed E-state index contributed by atoms with van der Waals surface area (Å²) in [5, 5.41) is 8.59. The molecule has 12 heavy (non-hydrogen) atoms. The molecule has 0 heterocycles. The Kier molecular flexibility index (Phi) is 3.19. The normalized spacial score (nSPS) is 12.9. The molecule has 0 aliphatic rings. The van der Waals surface area contributed by atoms with Crippen LogP contribution in [0.25, 0.3) is 0 Å². The van der Waals surface area contributed by atoms with E-state index in [9.17, 15) is 4.39 Å². The Morgan fingerprint density at radius 1 is 1.42 bits per heavy atom. The van der Waals surface area contributed by atoms with Gasteiger partial charge < -0.3 is 10.8 Å². The summed E-state index contributed by atoms with van der Waals surface area (Å²) in [6.45, 7) is -0.0184. The molecule has 1 rings (SSSR count). The van der Waals surface area contributed by atoms with E-state index in [1.807, 2.05) is 0 Å². The summed E-state index contributed by atoms with van der Waals surface area (Å²) in [7, 11) is 0. The number of hydrogen-bond donors (Lipinski definition) is 2. The molecular weight excluding hydrogens is 157 g/mol. The van der Waals surface area contributed by atoms with Gasteiger partial charge in [0, 0.05) is 18.2 Å². The monoisotopic (exact) mass is 169 g/mol. The molecule has 0 bridgehead atoms. The maximum atomic E-state index is 13.0. The van der Waals surface area contributed by atoms with Gasteiger partial charge in [-0.3, -0.25) is 0 Å². The Labute approximate surface area is 70.8 Å². The first kappa shape index (κ1) is 9.16. The number of hydrogen-bond acceptors (Lipinski definition) is 2. The minimum absolute atomic E-state index is 0.0184. The fraction of sp³-hybridized carbons (Fsp3) is 0.333. The van der Waals surface area contributed by atoms with E-state index in [2.05, 4.69) is 0 Å². The standard InChI is InChI=1S/C9H12FNO/c10-8-4-2-1-3-7(8)9(11)5-6-12/h1-4,9,12H,5-6,11H2. The number of halogens is 1. The van der Waals surface area contributed by atoms with Crippen molar-refractivity contribution in [3.63, 3.8) is 0 Å². The molecule has 0 aliphatic heterocycles. The first-order valence-corrected chi connectivity index (χ1v) is 3.86. The molecular formula is C9H12FNO. The lowest BCUT2D eigenvalue weighted by atomic mass is 10.0. The zero-order valence-corrected chi connectivity index (χ0v) is 6.70. The Balaban J connectivity index is 2.79. The van der Waals surface area contributed by atoms with Gasteiger partial charge in [-0.25, -0.2) is 4.39 Å². The SMILES string of the molecule is NC(CCO)c1ccccc1F. The molecule has 0 aromatic heterocycles. The van der Waals surface area contributed by atoms with Crippen LogP contribution in [0, 0.1) is 5.82 Å². The summed E-state index contributed by atoms with van der Waals surface area (Å²) in [6, 6.07) is 5.94. The highest BCUT2D eigenvalue weighted by Gasteiger charge is 2.08. The van der Waals surface area contributed by atoms with Crippen molar-refractivity contribution >= 4 is 0 Å². The Bertz CT molecular complexity index is 252. The van der Waals surface area contributed by atoms with E-state index < -0.39 is 6.04 Å². The topological polar surface area (TPSA) is 46.2 Å². The van der Waals surface area contributed by atoms with Crippen LogP contribution in [-0.2, 0) is 0 Å². The van der Waals surface area contributed by atoms with Crippen LogP contribution in [0.5, 0.6) is 0 Å². The van der Waals surface area contributed by atoms with Crippen LogP contribution >= 0.6 is 0 Å². The molecule has 3 heteroatoms. The molecule has 0 spiro atoms. The molecule has 0 aliphatic carbocycles. The summed E-state index contributed by atoms with van der Waals surface area (Å²) in [6.07, 6.45) is 0.390. The van der Waals surface area contributed by atoms with Crippen LogP contribution in [0.1, 0.15) is 18.0 Å². The average Bonchev–Trinajstić information content (AvgIpc) is 2.05. The summed E-state index contributed by atoms with van der Waals surface area (Å²) in [5.74, 6) is -0.307. The minimum Gasteiger partial charge on any atom is -0.396 e. The van der Waals surface area contributed by atoms with Crippen molar-refractivity contribution in [1.29, 1.82) is 0 Å². The third-order valence-corrected chi connectivity index (χ3v) is 1.74. The second kappa shape index (κ2) is 4.18. The maximum absolute atomic E-state index is 13.0. The molecule has 66 valence electrons. The Morgan fingerprint density at radius 2 is 2.08 bits per heavy atom. The fourth-order valence-corrected chi connectivity index (χ4v) is 1.07. The van der Waals surface area contributed by atoms with E-state index in [4.69, 9.17) is 10.8 Å². The molecule has 2 nitrogen and oxygen atoms in total. The van der Waals surface area contributed by atoms with Crippen LogP contribution in [0.15, 0.2) is 24.3 Å². The number of aliphatic hydroxyl groups is 1. The number of nitrogens with two attached hydrogens (primary N) is 1. The van der Waals surface area contributed by atoms with Crippen molar-refractivity contribution in [2.75, 3.05) is 6.61 Å². The van der Waals surface area contributed by atoms with Gasteiger partial charge in [0.2, 0.25) is 0 Å². The number of benzene rings is 1. The van der Waals surface area contributed by atoms with Crippen LogP contribution in [0.3, 0.4) is 0 Å². The predicted molar refractivity (Wildman–Crippen MR) is 45.0 cm³/mol. The number of aliphatic hydroxyl groups excluding tert-OH is 1. The van der Waals surface area contributed by atoms with Crippen molar-refractivity contribution in [2.45, 2.75) is 12.5 Å². The Morgan fingerprint density at radius 3 is 2.67 bits per heavy atom. The molecule has 0 saturated heterocycles. The fourth-order valence-electron chi connectivity index (χ4n) is 1.07. The van der Waals surface area contributed by atoms with Gasteiger partial charge in [-0.15, -0.1) is 0 Å². The van der Waals surface area contributed by atoms with Gasteiger partial charge in [-0.2, -0.15) is 0 Å². The highest BCUT2D eigenvalue weighted by molar-refractivity contribution is 5.20. The van der Waals surface area contributed by atoms with Crippen LogP contribution in [0.2, 0.25) is 0 Å². The summed E-state index contributed by atoms with van der Waals surface area (Å²) in [5.41, 5.74) is 6.07. The summed E-state index contributed by atoms with van der Waals surface area (Å²) in [4.78, 5) is 0. The van der Waals surface area contributed by atoms with E-state index in [0.717, 1.165) is 0 Å². The van der Waals surface area contributed by atoms with Crippen molar-refractivity contribution in [1.82, 2.24) is 0 Å². The van der Waals surface area contributed by atoms with Crippen LogP contribution in [0.4, 0.5) is 4.39 Å². The molecule has 1 atom stereocenters. The lowest BCUT2D eigenvalue weighted by Crippen LogP contribution is -2.13. The van der Waals surface area contributed by atoms with Crippen molar-refractivity contribution in [3.05, 3.63) is 35.6 Å². The zero-order chi connectivity index (χ0) is 8.97. The molecule has 1 aromatic rings.